The van der Waals surface area contributed by atoms with Gasteiger partial charge in [-0.2, -0.15) is 0 Å². The summed E-state index contributed by atoms with van der Waals surface area (Å²) in [5.41, 5.74) is 0. The van der Waals surface area contributed by atoms with Gasteiger partial charge in [0.25, 0.3) is 0 Å². The highest BCUT2D eigenvalue weighted by atomic mass is 33.1. The molecule has 0 aliphatic heterocycles. The average Bonchev–Trinajstić information content (AvgIpc) is 2.34. The van der Waals surface area contributed by atoms with E-state index in [4.69, 9.17) is 0 Å². The zero-order valence-electron chi connectivity index (χ0n) is 11.7. The van der Waals surface area contributed by atoms with Gasteiger partial charge in [-0.25, -0.2) is 0 Å². The highest BCUT2D eigenvalue weighted by Gasteiger charge is 2.18. The van der Waals surface area contributed by atoms with Crippen LogP contribution in [0.15, 0.2) is 0 Å². The first kappa shape index (κ1) is 19.3. The summed E-state index contributed by atoms with van der Waals surface area (Å²) >= 11 is 0. The zero-order chi connectivity index (χ0) is 14.7. The summed E-state index contributed by atoms with van der Waals surface area (Å²) in [6, 6.07) is 0. The number of amides is 2. The molecule has 0 rings (SSSR count). The summed E-state index contributed by atoms with van der Waals surface area (Å²) < 4.78 is 0. The third kappa shape index (κ3) is 10.8. The van der Waals surface area contributed by atoms with Crippen LogP contribution in [0.25, 0.3) is 0 Å². The second-order valence-electron chi connectivity index (χ2n) is 3.86. The van der Waals surface area contributed by atoms with E-state index in [9.17, 15) is 9.59 Å². The first-order valence-electron chi connectivity index (χ1n) is 5.93. The molecule has 0 aromatic heterocycles. The molecule has 0 saturated carbocycles. The molecule has 0 saturated heterocycles. The Hall–Kier alpha value is 0.340. The monoisotopic (exact) mass is 342 g/mol. The van der Waals surface area contributed by atoms with Gasteiger partial charge in [0.05, 0.1) is 5.37 Å². The van der Waals surface area contributed by atoms with E-state index in [2.05, 4.69) is 10.6 Å². The third-order valence-electron chi connectivity index (χ3n) is 2.15. The van der Waals surface area contributed by atoms with Crippen molar-refractivity contribution in [3.8, 4) is 0 Å². The highest BCUT2D eigenvalue weighted by Crippen LogP contribution is 2.21. The number of rotatable bonds is 10. The van der Waals surface area contributed by atoms with Crippen molar-refractivity contribution in [2.75, 3.05) is 24.8 Å². The standard InChI is InChI=1S/C11H22N2O2S4/c1-8(11(15)13-9(2)19-17-4)7-10(14)12-5-6-18-16-3/h8-9H,5-7H2,1-4H3,(H,12,14)(H,13,15). The van der Waals surface area contributed by atoms with Crippen LogP contribution in [0, 0.1) is 5.92 Å². The van der Waals surface area contributed by atoms with Crippen molar-refractivity contribution in [3.05, 3.63) is 0 Å². The molecule has 2 N–H and O–H groups in total. The largest absolute Gasteiger partial charge is 0.355 e. The minimum Gasteiger partial charge on any atom is -0.355 e. The van der Waals surface area contributed by atoms with Crippen LogP contribution in [0.5, 0.6) is 0 Å². The van der Waals surface area contributed by atoms with E-state index < -0.39 is 0 Å². The van der Waals surface area contributed by atoms with Crippen molar-refractivity contribution in [1.29, 1.82) is 0 Å². The van der Waals surface area contributed by atoms with Crippen LogP contribution in [-0.2, 0) is 9.59 Å². The van der Waals surface area contributed by atoms with E-state index in [1.165, 1.54) is 0 Å². The maximum absolute atomic E-state index is 11.8. The molecule has 19 heavy (non-hydrogen) atoms. The van der Waals surface area contributed by atoms with E-state index in [0.29, 0.717) is 6.54 Å². The topological polar surface area (TPSA) is 58.2 Å². The lowest BCUT2D eigenvalue weighted by Crippen LogP contribution is -2.37. The fourth-order valence-electron chi connectivity index (χ4n) is 1.27. The Kier molecular flexibility index (Phi) is 12.3. The van der Waals surface area contributed by atoms with Crippen molar-refractivity contribution < 1.29 is 9.59 Å². The number of hydrogen-bond donors (Lipinski definition) is 2. The lowest BCUT2D eigenvalue weighted by molar-refractivity contribution is -0.129. The quantitative estimate of drug-likeness (QED) is 0.362. The fraction of sp³-hybridized carbons (Fsp3) is 0.818. The van der Waals surface area contributed by atoms with Gasteiger partial charge in [-0.15, -0.1) is 0 Å². The summed E-state index contributed by atoms with van der Waals surface area (Å²) in [7, 11) is 6.59. The molecule has 0 spiro atoms. The van der Waals surface area contributed by atoms with Crippen molar-refractivity contribution >= 4 is 55.0 Å². The minimum absolute atomic E-state index is 0.0606. The fourth-order valence-corrected chi connectivity index (χ4v) is 3.83. The van der Waals surface area contributed by atoms with Crippen LogP contribution < -0.4 is 10.6 Å². The minimum atomic E-state index is -0.293. The van der Waals surface area contributed by atoms with Crippen LogP contribution in [0.3, 0.4) is 0 Å². The van der Waals surface area contributed by atoms with Gasteiger partial charge in [0, 0.05) is 24.6 Å². The van der Waals surface area contributed by atoms with Gasteiger partial charge >= 0.3 is 0 Å². The van der Waals surface area contributed by atoms with Crippen LogP contribution >= 0.6 is 43.2 Å². The molecule has 0 aliphatic rings. The van der Waals surface area contributed by atoms with Gasteiger partial charge in [0.2, 0.25) is 11.8 Å². The van der Waals surface area contributed by atoms with Gasteiger partial charge < -0.3 is 10.6 Å². The van der Waals surface area contributed by atoms with E-state index in [-0.39, 0.29) is 29.5 Å². The normalized spacial score (nSPS) is 13.7. The first-order valence-corrected chi connectivity index (χ1v) is 11.3. The molecule has 0 aliphatic carbocycles. The Labute approximate surface area is 131 Å². The number of nitrogens with one attached hydrogen (secondary N) is 2. The molecule has 0 aromatic rings. The van der Waals surface area contributed by atoms with Gasteiger partial charge in [-0.1, -0.05) is 50.1 Å². The number of carbonyl (C=O) groups is 2. The molecule has 2 atom stereocenters. The molecule has 0 fully saturated rings. The highest BCUT2D eigenvalue weighted by molar-refractivity contribution is 8.76. The van der Waals surface area contributed by atoms with Crippen LogP contribution in [0.4, 0.5) is 0 Å². The molecular formula is C11H22N2O2S4. The number of hydrogen-bond acceptors (Lipinski definition) is 6. The maximum atomic E-state index is 11.8. The molecule has 4 nitrogen and oxygen atoms in total. The summed E-state index contributed by atoms with van der Waals surface area (Å²) in [4.78, 5) is 23.4. The smallest absolute Gasteiger partial charge is 0.224 e. The van der Waals surface area contributed by atoms with E-state index in [1.807, 2.05) is 19.4 Å². The molecule has 0 bridgehead atoms. The van der Waals surface area contributed by atoms with E-state index >= 15 is 0 Å². The maximum Gasteiger partial charge on any atom is 0.224 e. The van der Waals surface area contributed by atoms with Gasteiger partial charge in [0.15, 0.2) is 0 Å². The molecule has 2 unspecified atom stereocenters. The molecule has 2 amide bonds. The Morgan fingerprint density at radius 1 is 1.16 bits per heavy atom. The van der Waals surface area contributed by atoms with Gasteiger partial charge in [0.1, 0.15) is 0 Å². The van der Waals surface area contributed by atoms with Crippen LogP contribution in [-0.4, -0.2) is 42.0 Å². The van der Waals surface area contributed by atoms with E-state index in [1.54, 1.807) is 50.1 Å². The lowest BCUT2D eigenvalue weighted by Gasteiger charge is -2.16. The average molecular weight is 343 g/mol. The van der Waals surface area contributed by atoms with Crippen molar-refractivity contribution in [2.45, 2.75) is 25.6 Å². The second-order valence-corrected chi connectivity index (χ2v) is 9.35. The van der Waals surface area contributed by atoms with Crippen molar-refractivity contribution in [3.63, 3.8) is 0 Å². The molecular weight excluding hydrogens is 320 g/mol. The Bertz CT molecular complexity index is 279. The predicted molar refractivity (Wildman–Crippen MR) is 91.5 cm³/mol. The van der Waals surface area contributed by atoms with Crippen LogP contribution in [0.1, 0.15) is 20.3 Å². The molecule has 112 valence electrons. The predicted octanol–water partition coefficient (Wildman–Crippen LogP) is 2.61. The van der Waals surface area contributed by atoms with Crippen LogP contribution in [0.2, 0.25) is 0 Å². The van der Waals surface area contributed by atoms with E-state index in [0.717, 1.165) is 5.75 Å². The van der Waals surface area contributed by atoms with Crippen molar-refractivity contribution in [1.82, 2.24) is 10.6 Å². The SMILES string of the molecule is CSSCCNC(=O)CC(C)C(=O)NC(C)SSC. The molecule has 8 heteroatoms. The Morgan fingerprint density at radius 3 is 2.42 bits per heavy atom. The lowest BCUT2D eigenvalue weighted by atomic mass is 10.1. The summed E-state index contributed by atoms with van der Waals surface area (Å²) in [5, 5.41) is 5.76. The van der Waals surface area contributed by atoms with Gasteiger partial charge in [-0.05, 0) is 19.4 Å². The van der Waals surface area contributed by atoms with Crippen molar-refractivity contribution in [2.24, 2.45) is 5.92 Å². The van der Waals surface area contributed by atoms with Gasteiger partial charge in [-0.3, -0.25) is 9.59 Å². The summed E-state index contributed by atoms with van der Waals surface area (Å²) in [6.07, 6.45) is 4.22. The summed E-state index contributed by atoms with van der Waals surface area (Å²) in [6.45, 7) is 4.37. The number of carbonyl (C=O) groups excluding carboxylic acids is 2. The first-order chi connectivity index (χ1) is 9.01. The zero-order valence-corrected chi connectivity index (χ0v) is 15.0. The third-order valence-corrected chi connectivity index (χ3v) is 6.01. The Balaban J connectivity index is 3.84. The second kappa shape index (κ2) is 12.1. The molecule has 0 radical (unpaired) electrons. The summed E-state index contributed by atoms with van der Waals surface area (Å²) in [5.74, 6) is 0.463. The molecule has 0 aromatic carbocycles. The Morgan fingerprint density at radius 2 is 1.84 bits per heavy atom. The molecule has 0 heterocycles.